The van der Waals surface area contributed by atoms with Crippen LogP contribution < -0.4 is 0 Å². The van der Waals surface area contributed by atoms with Crippen LogP contribution in [0.25, 0.3) is 0 Å². The molecule has 0 amide bonds. The van der Waals surface area contributed by atoms with Crippen LogP contribution in [-0.2, 0) is 42.8 Å². The third-order valence-electron chi connectivity index (χ3n) is 9.79. The van der Waals surface area contributed by atoms with Gasteiger partial charge in [0.15, 0.2) is 6.29 Å². The molecule has 2 aliphatic carbocycles. The maximum Gasteiger partial charge on any atom is 0.304 e. The van der Waals surface area contributed by atoms with E-state index in [0.29, 0.717) is 19.4 Å². The molecule has 0 aromatic carbocycles. The summed E-state index contributed by atoms with van der Waals surface area (Å²) in [5, 5.41) is 0. The fraction of sp³-hybridized carbons (Fsp3) is 0.885. The number of ether oxygens (including phenoxy) is 6. The molecule has 5 rings (SSSR count). The molecule has 0 unspecified atom stereocenters. The van der Waals surface area contributed by atoms with Crippen LogP contribution in [0.15, 0.2) is 0 Å². The van der Waals surface area contributed by atoms with Gasteiger partial charge in [-0.2, -0.15) is 0 Å². The Labute approximate surface area is 206 Å². The summed E-state index contributed by atoms with van der Waals surface area (Å²) in [7, 11) is 0. The highest BCUT2D eigenvalue weighted by Crippen LogP contribution is 2.70. The molecule has 1 spiro atoms. The van der Waals surface area contributed by atoms with Crippen molar-refractivity contribution in [1.82, 2.24) is 0 Å². The Bertz CT molecular complexity index is 870. The highest BCUT2D eigenvalue weighted by molar-refractivity contribution is 5.67. The molecule has 10 atom stereocenters. The summed E-state index contributed by atoms with van der Waals surface area (Å²) in [6.45, 7) is 9.47. The standard InChI is InChI=1S/C26H38O9/c1-14-9-21(32-16(3)28)26(13-30-15(2)27)19(7-6-8-25(26)12-31-25)24(14,5)20-10-18-11-22(33-17(4)29)35-23(18)34-20/h14,18-23H,6-13H2,1-5H3/t14-,18+,19-,20+,21+,22-,23-,24+,25+,26+/m1/s1. The van der Waals surface area contributed by atoms with E-state index in [9.17, 15) is 14.4 Å². The van der Waals surface area contributed by atoms with Crippen molar-refractivity contribution in [2.45, 2.75) is 104 Å². The van der Waals surface area contributed by atoms with Gasteiger partial charge in [0.25, 0.3) is 0 Å². The molecule has 5 aliphatic rings. The lowest BCUT2D eigenvalue weighted by atomic mass is 9.42. The van der Waals surface area contributed by atoms with Gasteiger partial charge in [0.1, 0.15) is 18.3 Å². The van der Waals surface area contributed by atoms with Crippen molar-refractivity contribution in [3.05, 3.63) is 0 Å². The summed E-state index contributed by atoms with van der Waals surface area (Å²) in [6, 6.07) is 0. The lowest BCUT2D eigenvalue weighted by Gasteiger charge is -2.64. The van der Waals surface area contributed by atoms with Crippen molar-refractivity contribution in [3.8, 4) is 0 Å². The summed E-state index contributed by atoms with van der Waals surface area (Å²) in [6.07, 6.45) is 3.38. The average molecular weight is 495 g/mol. The molecule has 9 nitrogen and oxygen atoms in total. The van der Waals surface area contributed by atoms with Crippen LogP contribution >= 0.6 is 0 Å². The Morgan fingerprint density at radius 2 is 1.69 bits per heavy atom. The third kappa shape index (κ3) is 3.89. The Hall–Kier alpha value is -1.71. The Balaban J connectivity index is 1.48. The number of rotatable bonds is 5. The zero-order chi connectivity index (χ0) is 25.2. The SMILES string of the molecule is CC(=O)OC[C@@]12[C@@H](OC(C)=O)C[C@@H](C)[C@](C)([C@@H]3C[C@H]4C[C@H](OC(C)=O)O[C@H]4O3)[C@H]1CCC[C@]21CO1. The van der Waals surface area contributed by atoms with E-state index in [2.05, 4.69) is 13.8 Å². The number of carbonyl (C=O) groups excluding carboxylic acids is 3. The molecule has 5 fully saturated rings. The van der Waals surface area contributed by atoms with Crippen molar-refractivity contribution >= 4 is 17.9 Å². The van der Waals surface area contributed by atoms with Crippen LogP contribution in [0.3, 0.4) is 0 Å². The van der Waals surface area contributed by atoms with Gasteiger partial charge in [0.05, 0.1) is 18.1 Å². The second-order valence-corrected chi connectivity index (χ2v) is 11.5. The number of hydrogen-bond donors (Lipinski definition) is 0. The topological polar surface area (TPSA) is 110 Å². The first-order valence-electron chi connectivity index (χ1n) is 12.9. The molecule has 0 aromatic rings. The molecular weight excluding hydrogens is 456 g/mol. The molecule has 196 valence electrons. The zero-order valence-electron chi connectivity index (χ0n) is 21.4. The van der Waals surface area contributed by atoms with Gasteiger partial charge in [-0.25, -0.2) is 0 Å². The van der Waals surface area contributed by atoms with Gasteiger partial charge >= 0.3 is 17.9 Å². The molecule has 0 N–H and O–H groups in total. The van der Waals surface area contributed by atoms with Crippen LogP contribution in [0.2, 0.25) is 0 Å². The fourth-order valence-corrected chi connectivity index (χ4v) is 8.03. The molecule has 2 saturated carbocycles. The van der Waals surface area contributed by atoms with Gasteiger partial charge in [0.2, 0.25) is 6.29 Å². The largest absolute Gasteiger partial charge is 0.465 e. The van der Waals surface area contributed by atoms with Gasteiger partial charge < -0.3 is 28.4 Å². The molecular formula is C26H38O9. The van der Waals surface area contributed by atoms with E-state index in [-0.39, 0.29) is 53.8 Å². The van der Waals surface area contributed by atoms with Gasteiger partial charge in [-0.3, -0.25) is 14.4 Å². The van der Waals surface area contributed by atoms with Crippen molar-refractivity contribution in [1.29, 1.82) is 0 Å². The van der Waals surface area contributed by atoms with Gasteiger partial charge in [-0.05, 0) is 37.5 Å². The van der Waals surface area contributed by atoms with E-state index < -0.39 is 29.7 Å². The fourth-order valence-electron chi connectivity index (χ4n) is 8.03. The number of fused-ring (bicyclic) bond motifs is 3. The smallest absolute Gasteiger partial charge is 0.304 e. The summed E-state index contributed by atoms with van der Waals surface area (Å²) >= 11 is 0. The number of epoxide rings is 1. The summed E-state index contributed by atoms with van der Waals surface area (Å²) < 4.78 is 35.7. The summed E-state index contributed by atoms with van der Waals surface area (Å²) in [5.74, 6) is -0.640. The number of esters is 3. The normalized spacial score (nSPS) is 48.1. The van der Waals surface area contributed by atoms with E-state index >= 15 is 0 Å². The zero-order valence-corrected chi connectivity index (χ0v) is 21.4. The highest BCUT2D eigenvalue weighted by atomic mass is 16.8. The minimum Gasteiger partial charge on any atom is -0.465 e. The maximum atomic E-state index is 12.2. The van der Waals surface area contributed by atoms with E-state index in [0.717, 1.165) is 25.7 Å². The molecule has 9 heteroatoms. The molecule has 3 heterocycles. The first kappa shape index (κ1) is 25.0. The van der Waals surface area contributed by atoms with E-state index in [1.807, 2.05) is 0 Å². The second kappa shape index (κ2) is 8.70. The second-order valence-electron chi connectivity index (χ2n) is 11.5. The van der Waals surface area contributed by atoms with Crippen LogP contribution in [0, 0.1) is 28.6 Å². The lowest BCUT2D eigenvalue weighted by Crippen LogP contribution is -2.69. The minimum absolute atomic E-state index is 0.0618. The van der Waals surface area contributed by atoms with Crippen molar-refractivity contribution < 1.29 is 42.8 Å². The monoisotopic (exact) mass is 494 g/mol. The van der Waals surface area contributed by atoms with Gasteiger partial charge in [-0.1, -0.05) is 20.3 Å². The first-order chi connectivity index (χ1) is 16.5. The predicted molar refractivity (Wildman–Crippen MR) is 121 cm³/mol. The summed E-state index contributed by atoms with van der Waals surface area (Å²) in [5.41, 5.74) is -1.37. The van der Waals surface area contributed by atoms with E-state index in [1.54, 1.807) is 0 Å². The van der Waals surface area contributed by atoms with Gasteiger partial charge in [0, 0.05) is 38.5 Å². The minimum atomic E-state index is -0.633. The lowest BCUT2D eigenvalue weighted by molar-refractivity contribution is -0.264. The highest BCUT2D eigenvalue weighted by Gasteiger charge is 2.76. The molecule has 3 saturated heterocycles. The predicted octanol–water partition coefficient (Wildman–Crippen LogP) is 3.12. The summed E-state index contributed by atoms with van der Waals surface area (Å²) in [4.78, 5) is 35.6. The Morgan fingerprint density at radius 1 is 0.971 bits per heavy atom. The average Bonchev–Trinajstić information content (AvgIpc) is 3.27. The number of carbonyl (C=O) groups is 3. The quantitative estimate of drug-likeness (QED) is 0.323. The van der Waals surface area contributed by atoms with E-state index in [1.165, 1.54) is 20.8 Å². The van der Waals surface area contributed by atoms with Crippen LogP contribution in [0.4, 0.5) is 0 Å². The van der Waals surface area contributed by atoms with Crippen LogP contribution in [0.1, 0.15) is 73.1 Å². The first-order valence-corrected chi connectivity index (χ1v) is 12.9. The maximum absolute atomic E-state index is 12.2. The molecule has 3 aliphatic heterocycles. The number of hydrogen-bond acceptors (Lipinski definition) is 9. The van der Waals surface area contributed by atoms with Crippen molar-refractivity contribution in [2.24, 2.45) is 28.6 Å². The molecule has 35 heavy (non-hydrogen) atoms. The van der Waals surface area contributed by atoms with Crippen LogP contribution in [-0.4, -0.2) is 61.5 Å². The van der Waals surface area contributed by atoms with Gasteiger partial charge in [-0.15, -0.1) is 0 Å². The Kier molecular flexibility index (Phi) is 6.20. The van der Waals surface area contributed by atoms with Crippen molar-refractivity contribution in [2.75, 3.05) is 13.2 Å². The molecule has 0 radical (unpaired) electrons. The molecule has 0 aromatic heterocycles. The molecule has 0 bridgehead atoms. The van der Waals surface area contributed by atoms with E-state index in [4.69, 9.17) is 28.4 Å². The van der Waals surface area contributed by atoms with Crippen LogP contribution in [0.5, 0.6) is 0 Å². The third-order valence-corrected chi connectivity index (χ3v) is 9.79. The Morgan fingerprint density at radius 3 is 2.29 bits per heavy atom. The van der Waals surface area contributed by atoms with Crippen molar-refractivity contribution in [3.63, 3.8) is 0 Å².